The quantitative estimate of drug-likeness (QED) is 0.650. The zero-order valence-electron chi connectivity index (χ0n) is 15.4. The zero-order valence-corrected chi connectivity index (χ0v) is 15.4. The van der Waals surface area contributed by atoms with Gasteiger partial charge in [0.2, 0.25) is 0 Å². The number of anilines is 1. The number of urea groups is 1. The third-order valence-electron chi connectivity index (χ3n) is 4.46. The van der Waals surface area contributed by atoms with Crippen LogP contribution < -0.4 is 10.6 Å². The summed E-state index contributed by atoms with van der Waals surface area (Å²) in [6, 6.07) is 11.4. The molecule has 2 amide bonds. The lowest BCUT2D eigenvalue weighted by Gasteiger charge is -2.10. The third kappa shape index (κ3) is 4.55. The number of aromatic nitrogens is 4. The molecule has 9 nitrogen and oxygen atoms in total. The smallest absolute Gasteiger partial charge is 0.320 e. The van der Waals surface area contributed by atoms with Crippen LogP contribution >= 0.6 is 0 Å². The van der Waals surface area contributed by atoms with Crippen molar-refractivity contribution >= 4 is 11.8 Å². The monoisotopic (exact) mass is 382 g/mol. The third-order valence-corrected chi connectivity index (χ3v) is 4.46. The van der Waals surface area contributed by atoms with Crippen LogP contribution in [0.15, 0.2) is 47.1 Å². The number of nitrogens with zero attached hydrogens (tertiary/aromatic N) is 4. The molecule has 9 heteroatoms. The molecule has 0 unspecified atom stereocenters. The van der Waals surface area contributed by atoms with E-state index in [9.17, 15) is 4.79 Å². The molecule has 1 aromatic carbocycles. The van der Waals surface area contributed by atoms with Gasteiger partial charge in [0.25, 0.3) is 5.89 Å². The van der Waals surface area contributed by atoms with Gasteiger partial charge in [0.15, 0.2) is 5.82 Å². The summed E-state index contributed by atoms with van der Waals surface area (Å²) >= 11 is 0. The van der Waals surface area contributed by atoms with Gasteiger partial charge in [-0.05, 0) is 18.4 Å². The molecule has 3 aromatic rings. The van der Waals surface area contributed by atoms with Crippen LogP contribution in [0.4, 0.5) is 10.6 Å². The van der Waals surface area contributed by atoms with E-state index in [1.807, 2.05) is 30.3 Å². The van der Waals surface area contributed by atoms with Crippen molar-refractivity contribution in [2.75, 3.05) is 18.5 Å². The maximum absolute atomic E-state index is 12.2. The summed E-state index contributed by atoms with van der Waals surface area (Å²) in [5, 5.41) is 13.8. The summed E-state index contributed by atoms with van der Waals surface area (Å²) in [5.74, 6) is 1.70. The summed E-state index contributed by atoms with van der Waals surface area (Å²) in [6.45, 7) is 1.70. The summed E-state index contributed by atoms with van der Waals surface area (Å²) < 4.78 is 12.5. The van der Waals surface area contributed by atoms with Crippen LogP contribution in [-0.4, -0.2) is 39.1 Å². The lowest BCUT2D eigenvalue weighted by molar-refractivity contribution is 0.0835. The molecule has 146 valence electrons. The summed E-state index contributed by atoms with van der Waals surface area (Å²) in [6.07, 6.45) is 3.95. The van der Waals surface area contributed by atoms with Gasteiger partial charge in [0, 0.05) is 25.6 Å². The summed E-state index contributed by atoms with van der Waals surface area (Å²) in [5.41, 5.74) is 1.11. The number of ether oxygens (including phenoxy) is 1. The van der Waals surface area contributed by atoms with E-state index in [1.54, 1.807) is 16.9 Å². The number of carbonyl (C=O) groups excluding carboxylic acids is 1. The first-order valence-electron chi connectivity index (χ1n) is 9.32. The number of nitrogens with one attached hydrogen (secondary N) is 2. The second kappa shape index (κ2) is 8.66. The Balaban J connectivity index is 1.24. The average Bonchev–Trinajstić information content (AvgIpc) is 3.45. The molecular weight excluding hydrogens is 360 g/mol. The topological polar surface area (TPSA) is 107 Å². The first-order valence-corrected chi connectivity index (χ1v) is 9.32. The Kier molecular flexibility index (Phi) is 5.62. The molecule has 4 rings (SSSR count). The van der Waals surface area contributed by atoms with Gasteiger partial charge >= 0.3 is 6.03 Å². The van der Waals surface area contributed by atoms with Crippen LogP contribution in [0.2, 0.25) is 0 Å². The van der Waals surface area contributed by atoms with E-state index in [-0.39, 0.29) is 12.1 Å². The van der Waals surface area contributed by atoms with Gasteiger partial charge in [-0.25, -0.2) is 9.48 Å². The van der Waals surface area contributed by atoms with Crippen LogP contribution in [0.3, 0.4) is 0 Å². The van der Waals surface area contributed by atoms with E-state index in [0.717, 1.165) is 25.0 Å². The minimum Gasteiger partial charge on any atom is -0.368 e. The van der Waals surface area contributed by atoms with E-state index in [2.05, 4.69) is 25.9 Å². The molecule has 1 fully saturated rings. The molecule has 1 aliphatic heterocycles. The lowest BCUT2D eigenvalue weighted by Crippen LogP contribution is -2.31. The highest BCUT2D eigenvalue weighted by atomic mass is 16.5. The predicted octanol–water partition coefficient (Wildman–Crippen LogP) is 2.53. The van der Waals surface area contributed by atoms with Crippen molar-refractivity contribution in [1.82, 2.24) is 25.2 Å². The van der Waals surface area contributed by atoms with Crippen molar-refractivity contribution in [3.05, 3.63) is 59.9 Å². The van der Waals surface area contributed by atoms with Crippen molar-refractivity contribution in [2.45, 2.75) is 31.9 Å². The first-order chi connectivity index (χ1) is 13.8. The fourth-order valence-corrected chi connectivity index (χ4v) is 3.04. The minimum absolute atomic E-state index is 0.0950. The highest BCUT2D eigenvalue weighted by Gasteiger charge is 2.23. The van der Waals surface area contributed by atoms with Crippen LogP contribution in [0.5, 0.6) is 0 Å². The standard InChI is InChI=1S/C19H22N6O3/c26-19(20-10-8-16-22-18(28-24-16)15-7-4-12-27-15)23-17-9-11-21-25(17)13-14-5-2-1-3-6-14/h1-3,5-6,9,11,15H,4,7-8,10,12-13H2,(H2,20,23,26)/t15-/m0/s1. The average molecular weight is 382 g/mol. The fraction of sp³-hybridized carbons (Fsp3) is 0.368. The Morgan fingerprint density at radius 3 is 2.96 bits per heavy atom. The fourth-order valence-electron chi connectivity index (χ4n) is 3.04. The van der Waals surface area contributed by atoms with Crippen LogP contribution in [-0.2, 0) is 17.7 Å². The van der Waals surface area contributed by atoms with Crippen LogP contribution in [0, 0.1) is 0 Å². The van der Waals surface area contributed by atoms with Crippen molar-refractivity contribution in [3.8, 4) is 0 Å². The molecule has 0 bridgehead atoms. The zero-order chi connectivity index (χ0) is 19.2. The first kappa shape index (κ1) is 18.2. The largest absolute Gasteiger partial charge is 0.368 e. The molecule has 28 heavy (non-hydrogen) atoms. The van der Waals surface area contributed by atoms with Crippen LogP contribution in [0.1, 0.15) is 36.2 Å². The van der Waals surface area contributed by atoms with Gasteiger partial charge in [0.1, 0.15) is 11.9 Å². The van der Waals surface area contributed by atoms with E-state index in [1.165, 1.54) is 0 Å². The Bertz CT molecular complexity index is 901. The van der Waals surface area contributed by atoms with Crippen molar-refractivity contribution < 1.29 is 14.1 Å². The van der Waals surface area contributed by atoms with Gasteiger partial charge < -0.3 is 14.6 Å². The van der Waals surface area contributed by atoms with Gasteiger partial charge in [-0.2, -0.15) is 10.1 Å². The molecule has 0 radical (unpaired) electrons. The molecule has 2 N–H and O–H groups in total. The van der Waals surface area contributed by atoms with E-state index in [0.29, 0.717) is 37.0 Å². The van der Waals surface area contributed by atoms with Crippen LogP contribution in [0.25, 0.3) is 0 Å². The van der Waals surface area contributed by atoms with Gasteiger partial charge in [-0.15, -0.1) is 0 Å². The van der Waals surface area contributed by atoms with E-state index < -0.39 is 0 Å². The molecule has 1 atom stereocenters. The molecule has 0 saturated carbocycles. The predicted molar refractivity (Wildman–Crippen MR) is 101 cm³/mol. The Morgan fingerprint density at radius 1 is 1.25 bits per heavy atom. The number of hydrogen-bond donors (Lipinski definition) is 2. The lowest BCUT2D eigenvalue weighted by atomic mass is 10.2. The highest BCUT2D eigenvalue weighted by molar-refractivity contribution is 5.88. The van der Waals surface area contributed by atoms with Gasteiger partial charge in [0.05, 0.1) is 12.7 Å². The minimum atomic E-state index is -0.308. The molecule has 2 aromatic heterocycles. The second-order valence-electron chi connectivity index (χ2n) is 6.54. The number of carbonyl (C=O) groups is 1. The van der Waals surface area contributed by atoms with Gasteiger partial charge in [-0.1, -0.05) is 35.5 Å². The molecule has 1 saturated heterocycles. The van der Waals surface area contributed by atoms with Crippen molar-refractivity contribution in [3.63, 3.8) is 0 Å². The maximum Gasteiger partial charge on any atom is 0.320 e. The number of hydrogen-bond acceptors (Lipinski definition) is 6. The van der Waals surface area contributed by atoms with Crippen molar-refractivity contribution in [2.24, 2.45) is 0 Å². The Labute approximate surface area is 162 Å². The highest BCUT2D eigenvalue weighted by Crippen LogP contribution is 2.26. The Morgan fingerprint density at radius 2 is 2.14 bits per heavy atom. The summed E-state index contributed by atoms with van der Waals surface area (Å²) in [4.78, 5) is 16.5. The summed E-state index contributed by atoms with van der Waals surface area (Å²) in [7, 11) is 0. The number of amides is 2. The van der Waals surface area contributed by atoms with Gasteiger partial charge in [-0.3, -0.25) is 5.32 Å². The molecule has 3 heterocycles. The number of rotatable bonds is 7. The molecular formula is C19H22N6O3. The van der Waals surface area contributed by atoms with Crippen molar-refractivity contribution in [1.29, 1.82) is 0 Å². The Hall–Kier alpha value is -3.20. The molecule has 0 aliphatic carbocycles. The molecule has 0 spiro atoms. The molecule has 1 aliphatic rings. The van der Waals surface area contributed by atoms with E-state index in [4.69, 9.17) is 9.26 Å². The van der Waals surface area contributed by atoms with E-state index >= 15 is 0 Å². The normalized spacial score (nSPS) is 16.2. The SMILES string of the molecule is O=C(NCCc1noc([C@@H]2CCCO2)n1)Nc1ccnn1Cc1ccccc1. The maximum atomic E-state index is 12.2. The second-order valence-corrected chi connectivity index (χ2v) is 6.54. The number of benzene rings is 1.